The molecule has 3 nitrogen and oxygen atoms in total. The van der Waals surface area contributed by atoms with Crippen molar-refractivity contribution in [1.82, 2.24) is 4.98 Å². The number of carbonyl (C=O) groups is 1. The number of nitrogens with one attached hydrogen (secondary N) is 1. The first kappa shape index (κ1) is 6.46. The average molecular weight is 151 g/mol. The summed E-state index contributed by atoms with van der Waals surface area (Å²) in [5.41, 5.74) is 1.34. The molecule has 0 bridgehead atoms. The number of aromatic amines is 1. The summed E-state index contributed by atoms with van der Waals surface area (Å²) < 4.78 is 0. The second-order valence-electron chi connectivity index (χ2n) is 2.88. The van der Waals surface area contributed by atoms with Gasteiger partial charge in [-0.3, -0.25) is 0 Å². The van der Waals surface area contributed by atoms with Gasteiger partial charge in [0.1, 0.15) is 0 Å². The van der Waals surface area contributed by atoms with Crippen molar-refractivity contribution in [1.29, 1.82) is 0 Å². The van der Waals surface area contributed by atoms with Crippen LogP contribution in [0.4, 0.5) is 0 Å². The van der Waals surface area contributed by atoms with Crippen LogP contribution in [-0.4, -0.2) is 16.1 Å². The Morgan fingerprint density at radius 2 is 2.36 bits per heavy atom. The smallest absolute Gasteiger partial charge is 0.337 e. The number of H-pyrrole nitrogens is 1. The Labute approximate surface area is 64.1 Å². The normalized spacial score (nSPS) is 16.7. The van der Waals surface area contributed by atoms with Crippen LogP contribution in [0.25, 0.3) is 0 Å². The molecule has 1 aliphatic rings. The van der Waals surface area contributed by atoms with Gasteiger partial charge in [-0.05, 0) is 24.8 Å². The Morgan fingerprint density at radius 1 is 1.64 bits per heavy atom. The lowest BCUT2D eigenvalue weighted by Crippen LogP contribution is -1.98. The molecule has 1 aromatic rings. The molecule has 2 rings (SSSR count). The van der Waals surface area contributed by atoms with Crippen molar-refractivity contribution >= 4 is 5.97 Å². The molecule has 11 heavy (non-hydrogen) atoms. The van der Waals surface area contributed by atoms with Crippen molar-refractivity contribution in [2.45, 2.75) is 18.8 Å². The van der Waals surface area contributed by atoms with Gasteiger partial charge < -0.3 is 10.1 Å². The minimum absolute atomic E-state index is 0.438. The third-order valence-corrected chi connectivity index (χ3v) is 2.00. The van der Waals surface area contributed by atoms with Crippen molar-refractivity contribution in [2.75, 3.05) is 0 Å². The van der Waals surface area contributed by atoms with E-state index >= 15 is 0 Å². The van der Waals surface area contributed by atoms with Crippen LogP contribution in [0.2, 0.25) is 0 Å². The summed E-state index contributed by atoms with van der Waals surface area (Å²) in [5.74, 6) is -0.343. The van der Waals surface area contributed by atoms with Crippen molar-refractivity contribution in [2.24, 2.45) is 0 Å². The van der Waals surface area contributed by atoms with Gasteiger partial charge in [-0.1, -0.05) is 0 Å². The Morgan fingerprint density at radius 3 is 2.91 bits per heavy atom. The highest BCUT2D eigenvalue weighted by molar-refractivity contribution is 5.89. The molecule has 1 aromatic heterocycles. The van der Waals surface area contributed by atoms with Crippen molar-refractivity contribution in [3.63, 3.8) is 0 Å². The highest BCUT2D eigenvalue weighted by Crippen LogP contribution is 2.40. The van der Waals surface area contributed by atoms with Gasteiger partial charge in [0.05, 0.1) is 5.56 Å². The van der Waals surface area contributed by atoms with Gasteiger partial charge in [-0.25, -0.2) is 4.79 Å². The van der Waals surface area contributed by atoms with Crippen LogP contribution < -0.4 is 0 Å². The van der Waals surface area contributed by atoms with Gasteiger partial charge in [-0.15, -0.1) is 0 Å². The lowest BCUT2D eigenvalue weighted by molar-refractivity contribution is 0.0696. The zero-order valence-corrected chi connectivity index (χ0v) is 6.00. The zero-order valence-electron chi connectivity index (χ0n) is 6.00. The second kappa shape index (κ2) is 2.12. The van der Waals surface area contributed by atoms with Crippen LogP contribution in [0.3, 0.4) is 0 Å². The molecule has 1 heterocycles. The van der Waals surface area contributed by atoms with Gasteiger partial charge in [0.25, 0.3) is 0 Å². The number of aromatic carboxylic acids is 1. The molecule has 0 spiro atoms. The predicted molar refractivity (Wildman–Crippen MR) is 39.7 cm³/mol. The van der Waals surface area contributed by atoms with Crippen molar-refractivity contribution in [3.05, 3.63) is 23.5 Å². The molecule has 0 aromatic carbocycles. The number of carboxylic acid groups (broad SMARTS) is 1. The molecule has 0 amide bonds. The van der Waals surface area contributed by atoms with E-state index in [9.17, 15) is 4.79 Å². The molecule has 58 valence electrons. The highest BCUT2D eigenvalue weighted by Gasteiger charge is 2.28. The van der Waals surface area contributed by atoms with Crippen LogP contribution in [0, 0.1) is 0 Å². The molecule has 0 unspecified atom stereocenters. The topological polar surface area (TPSA) is 53.1 Å². The van der Waals surface area contributed by atoms with E-state index in [1.165, 1.54) is 0 Å². The molecule has 0 radical (unpaired) electrons. The summed E-state index contributed by atoms with van der Waals surface area (Å²) in [6, 6.07) is 1.62. The van der Waals surface area contributed by atoms with Crippen LogP contribution in [0.15, 0.2) is 12.3 Å². The number of carboxylic acids is 1. The number of rotatable bonds is 2. The summed E-state index contributed by atoms with van der Waals surface area (Å²) in [5, 5.41) is 8.71. The Bertz CT molecular complexity index is 286. The fraction of sp³-hybridized carbons (Fsp3) is 0.375. The number of hydrogen-bond acceptors (Lipinski definition) is 1. The highest BCUT2D eigenvalue weighted by atomic mass is 16.4. The lowest BCUT2D eigenvalue weighted by atomic mass is 10.2. The molecule has 1 fully saturated rings. The van der Waals surface area contributed by atoms with Gasteiger partial charge >= 0.3 is 5.97 Å². The summed E-state index contributed by atoms with van der Waals surface area (Å²) >= 11 is 0. The molecule has 1 aliphatic carbocycles. The standard InChI is InChI=1S/C8H9NO2/c10-8(11)6-3-4-9-7(6)5-1-2-5/h3-5,9H,1-2H2,(H,10,11). The Kier molecular flexibility index (Phi) is 1.24. The molecule has 2 N–H and O–H groups in total. The van der Waals surface area contributed by atoms with E-state index in [4.69, 9.17) is 5.11 Å². The van der Waals surface area contributed by atoms with Crippen LogP contribution in [-0.2, 0) is 0 Å². The third-order valence-electron chi connectivity index (χ3n) is 2.00. The van der Waals surface area contributed by atoms with Gasteiger partial charge in [0.2, 0.25) is 0 Å². The van der Waals surface area contributed by atoms with Crippen molar-refractivity contribution in [3.8, 4) is 0 Å². The van der Waals surface area contributed by atoms with E-state index in [0.717, 1.165) is 18.5 Å². The molecule has 0 saturated heterocycles. The first-order valence-electron chi connectivity index (χ1n) is 3.69. The molecule has 0 aliphatic heterocycles. The molecule has 1 saturated carbocycles. The Hall–Kier alpha value is -1.25. The van der Waals surface area contributed by atoms with E-state index in [2.05, 4.69) is 4.98 Å². The van der Waals surface area contributed by atoms with E-state index in [1.54, 1.807) is 12.3 Å². The summed E-state index contributed by atoms with van der Waals surface area (Å²) in [7, 11) is 0. The van der Waals surface area contributed by atoms with Crippen molar-refractivity contribution < 1.29 is 9.90 Å². The summed E-state index contributed by atoms with van der Waals surface area (Å²) in [6.45, 7) is 0. The Balaban J connectivity index is 2.37. The number of hydrogen-bond donors (Lipinski definition) is 2. The molecular weight excluding hydrogens is 142 g/mol. The van der Waals surface area contributed by atoms with Crippen LogP contribution in [0.1, 0.15) is 34.8 Å². The fourth-order valence-corrected chi connectivity index (χ4v) is 1.28. The molecule has 3 heteroatoms. The minimum Gasteiger partial charge on any atom is -0.478 e. The van der Waals surface area contributed by atoms with Gasteiger partial charge in [0, 0.05) is 11.9 Å². The van der Waals surface area contributed by atoms with Gasteiger partial charge in [0.15, 0.2) is 0 Å². The van der Waals surface area contributed by atoms with Crippen LogP contribution >= 0.6 is 0 Å². The zero-order chi connectivity index (χ0) is 7.84. The average Bonchev–Trinajstić information content (AvgIpc) is 2.68. The predicted octanol–water partition coefficient (Wildman–Crippen LogP) is 1.59. The molecular formula is C8H9NO2. The van der Waals surface area contributed by atoms with E-state index in [0.29, 0.717) is 11.5 Å². The molecule has 0 atom stereocenters. The maximum Gasteiger partial charge on any atom is 0.337 e. The quantitative estimate of drug-likeness (QED) is 0.674. The largest absolute Gasteiger partial charge is 0.478 e. The second-order valence-corrected chi connectivity index (χ2v) is 2.88. The third kappa shape index (κ3) is 1.02. The maximum atomic E-state index is 10.6. The SMILES string of the molecule is O=C(O)c1cc[nH]c1C1CC1. The number of aromatic nitrogens is 1. The lowest BCUT2D eigenvalue weighted by Gasteiger charge is -1.94. The van der Waals surface area contributed by atoms with E-state index in [-0.39, 0.29) is 0 Å². The summed E-state index contributed by atoms with van der Waals surface area (Å²) in [6.07, 6.45) is 3.94. The van der Waals surface area contributed by atoms with Crippen LogP contribution in [0.5, 0.6) is 0 Å². The monoisotopic (exact) mass is 151 g/mol. The fourth-order valence-electron chi connectivity index (χ4n) is 1.28. The summed E-state index contributed by atoms with van der Waals surface area (Å²) in [4.78, 5) is 13.6. The van der Waals surface area contributed by atoms with E-state index in [1.807, 2.05) is 0 Å². The minimum atomic E-state index is -0.826. The first-order valence-corrected chi connectivity index (χ1v) is 3.69. The van der Waals surface area contributed by atoms with E-state index < -0.39 is 5.97 Å². The first-order chi connectivity index (χ1) is 5.29. The van der Waals surface area contributed by atoms with Gasteiger partial charge in [-0.2, -0.15) is 0 Å². The maximum absolute atomic E-state index is 10.6.